The lowest BCUT2D eigenvalue weighted by molar-refractivity contribution is -0.386. The summed E-state index contributed by atoms with van der Waals surface area (Å²) in [6, 6.07) is 2.54. The molecule has 0 saturated carbocycles. The van der Waals surface area contributed by atoms with Crippen LogP contribution in [0, 0.1) is 22.0 Å². The van der Waals surface area contributed by atoms with Crippen LogP contribution in [0.25, 0.3) is 0 Å². The summed E-state index contributed by atoms with van der Waals surface area (Å²) in [6.07, 6.45) is -0.258. The number of imide groups is 1. The smallest absolute Gasteiger partial charge is 0.279 e. The van der Waals surface area contributed by atoms with Gasteiger partial charge in [-0.15, -0.1) is 0 Å². The molecule has 1 aliphatic heterocycles. The highest BCUT2D eigenvalue weighted by Crippen LogP contribution is 2.37. The molecule has 49 heavy (non-hydrogen) atoms. The van der Waals surface area contributed by atoms with Crippen molar-refractivity contribution >= 4 is 35.2 Å². The average molecular weight is 696 g/mol. The van der Waals surface area contributed by atoms with Crippen LogP contribution in [0.15, 0.2) is 12.1 Å². The van der Waals surface area contributed by atoms with E-state index >= 15 is 0 Å². The molecule has 1 heterocycles. The Morgan fingerprint density at radius 3 is 2.10 bits per heavy atom. The summed E-state index contributed by atoms with van der Waals surface area (Å²) in [7, 11) is 1.38. The maximum atomic E-state index is 12.3. The SMILES string of the molecule is COc1cc(C(C)O)c([N+](=O)[O-])cc1OCCCC(=O)NCCNC(=O)CCOCCOCCNC(=O)CCN1C(=O)CC(C(C)C)C1=O. The number of likely N-dealkylation sites (tertiary alicyclic amines) is 1. The molecule has 2 atom stereocenters. The van der Waals surface area contributed by atoms with Crippen molar-refractivity contribution in [1.82, 2.24) is 20.9 Å². The molecule has 1 aromatic rings. The van der Waals surface area contributed by atoms with Crippen LogP contribution in [-0.2, 0) is 33.4 Å². The summed E-state index contributed by atoms with van der Waals surface area (Å²) in [4.78, 5) is 72.3. The third-order valence-electron chi connectivity index (χ3n) is 7.59. The van der Waals surface area contributed by atoms with Gasteiger partial charge >= 0.3 is 0 Å². The van der Waals surface area contributed by atoms with E-state index in [1.165, 1.54) is 31.1 Å². The van der Waals surface area contributed by atoms with Gasteiger partial charge in [0.15, 0.2) is 11.5 Å². The van der Waals surface area contributed by atoms with Crippen molar-refractivity contribution < 1.29 is 52.9 Å². The first-order chi connectivity index (χ1) is 23.3. The molecule has 17 heteroatoms. The fourth-order valence-corrected chi connectivity index (χ4v) is 4.84. The van der Waals surface area contributed by atoms with Gasteiger partial charge in [0.05, 0.1) is 62.8 Å². The standard InChI is InChI=1S/C32H49N5O12/c1-21(2)23-19-31(42)36(32(23)43)12-7-29(40)35-11-15-48-17-16-47-14-8-30(41)34-10-9-33-28(39)6-5-13-49-27-20-25(37(44)45)24(22(3)38)18-26(27)46-4/h18,20-23,38H,5-17,19H2,1-4H3,(H,33,39)(H,34,41)(H,35,40). The number of benzene rings is 1. The van der Waals surface area contributed by atoms with Crippen molar-refractivity contribution in [2.24, 2.45) is 11.8 Å². The van der Waals surface area contributed by atoms with Crippen molar-refractivity contribution in [2.75, 3.05) is 66.3 Å². The van der Waals surface area contributed by atoms with Crippen molar-refractivity contribution in [3.8, 4) is 11.5 Å². The fraction of sp³-hybridized carbons (Fsp3) is 0.656. The van der Waals surface area contributed by atoms with Gasteiger partial charge in [0.2, 0.25) is 29.5 Å². The lowest BCUT2D eigenvalue weighted by Crippen LogP contribution is -2.36. The number of ether oxygens (including phenoxy) is 4. The second-order valence-electron chi connectivity index (χ2n) is 11.7. The first-order valence-corrected chi connectivity index (χ1v) is 16.3. The Morgan fingerprint density at radius 1 is 0.898 bits per heavy atom. The average Bonchev–Trinajstić information content (AvgIpc) is 3.35. The highest BCUT2D eigenvalue weighted by molar-refractivity contribution is 6.03. The van der Waals surface area contributed by atoms with Gasteiger partial charge in [0.25, 0.3) is 5.69 Å². The fourth-order valence-electron chi connectivity index (χ4n) is 4.84. The van der Waals surface area contributed by atoms with E-state index in [0.29, 0.717) is 6.42 Å². The molecule has 0 bridgehead atoms. The van der Waals surface area contributed by atoms with Crippen LogP contribution in [0.5, 0.6) is 11.5 Å². The van der Waals surface area contributed by atoms with Gasteiger partial charge in [-0.2, -0.15) is 0 Å². The minimum Gasteiger partial charge on any atom is -0.493 e. The number of hydrogen-bond acceptors (Lipinski definition) is 12. The third kappa shape index (κ3) is 14.3. The minimum absolute atomic E-state index is 0.0338. The summed E-state index contributed by atoms with van der Waals surface area (Å²) in [6.45, 7) is 7.05. The van der Waals surface area contributed by atoms with Crippen molar-refractivity contribution in [3.05, 3.63) is 27.8 Å². The molecule has 1 aliphatic rings. The Morgan fingerprint density at radius 2 is 1.51 bits per heavy atom. The molecule has 0 aliphatic carbocycles. The lowest BCUT2D eigenvalue weighted by atomic mass is 9.94. The normalized spacial score (nSPS) is 14.9. The third-order valence-corrected chi connectivity index (χ3v) is 7.59. The van der Waals surface area contributed by atoms with Crippen LogP contribution in [0.3, 0.4) is 0 Å². The molecule has 5 amide bonds. The number of nitro benzene ring substituents is 1. The van der Waals surface area contributed by atoms with Gasteiger partial charge in [-0.1, -0.05) is 13.8 Å². The van der Waals surface area contributed by atoms with Crippen LogP contribution < -0.4 is 25.4 Å². The summed E-state index contributed by atoms with van der Waals surface area (Å²) in [5, 5.41) is 29.2. The zero-order valence-electron chi connectivity index (χ0n) is 28.6. The lowest BCUT2D eigenvalue weighted by Gasteiger charge is -2.16. The molecule has 4 N–H and O–H groups in total. The van der Waals surface area contributed by atoms with E-state index in [0.717, 1.165) is 0 Å². The number of aliphatic hydroxyl groups is 1. The number of carbonyl (C=O) groups excluding carboxylic acids is 5. The number of nitro groups is 1. The second-order valence-corrected chi connectivity index (χ2v) is 11.7. The van der Waals surface area contributed by atoms with Gasteiger partial charge in [-0.3, -0.25) is 39.0 Å². The quantitative estimate of drug-likeness (QED) is 0.0515. The first kappa shape index (κ1) is 40.8. The van der Waals surface area contributed by atoms with E-state index in [4.69, 9.17) is 18.9 Å². The summed E-state index contributed by atoms with van der Waals surface area (Å²) >= 11 is 0. The van der Waals surface area contributed by atoms with Gasteiger partial charge in [0.1, 0.15) is 0 Å². The second kappa shape index (κ2) is 21.6. The van der Waals surface area contributed by atoms with E-state index in [-0.39, 0.29) is 149 Å². The van der Waals surface area contributed by atoms with Crippen LogP contribution >= 0.6 is 0 Å². The summed E-state index contributed by atoms with van der Waals surface area (Å²) in [5.41, 5.74) is -0.200. The topological polar surface area (TPSA) is 225 Å². The molecular weight excluding hydrogens is 646 g/mol. The monoisotopic (exact) mass is 695 g/mol. The Kier molecular flexibility index (Phi) is 18.0. The van der Waals surface area contributed by atoms with Gasteiger partial charge in [-0.05, 0) is 25.3 Å². The molecule has 1 fully saturated rings. The van der Waals surface area contributed by atoms with Gasteiger partial charge in [-0.25, -0.2) is 0 Å². The van der Waals surface area contributed by atoms with E-state index < -0.39 is 11.0 Å². The molecular formula is C32H49N5O12. The number of aliphatic hydroxyl groups excluding tert-OH is 1. The molecule has 274 valence electrons. The first-order valence-electron chi connectivity index (χ1n) is 16.3. The van der Waals surface area contributed by atoms with E-state index in [1.54, 1.807) is 0 Å². The van der Waals surface area contributed by atoms with Gasteiger partial charge < -0.3 is 40.0 Å². The molecule has 0 spiro atoms. The van der Waals surface area contributed by atoms with E-state index in [9.17, 15) is 39.2 Å². The van der Waals surface area contributed by atoms with Crippen molar-refractivity contribution in [3.63, 3.8) is 0 Å². The number of methoxy groups -OCH3 is 1. The zero-order valence-corrected chi connectivity index (χ0v) is 28.6. The van der Waals surface area contributed by atoms with Gasteiger partial charge in [0, 0.05) is 57.8 Å². The molecule has 2 unspecified atom stereocenters. The Balaban J connectivity index is 1.45. The van der Waals surface area contributed by atoms with Crippen LogP contribution in [0.2, 0.25) is 0 Å². The largest absolute Gasteiger partial charge is 0.493 e. The van der Waals surface area contributed by atoms with E-state index in [2.05, 4.69) is 16.0 Å². The number of nitrogens with one attached hydrogen (secondary N) is 3. The maximum Gasteiger partial charge on any atom is 0.279 e. The predicted octanol–water partition coefficient (Wildman–Crippen LogP) is 1.01. The summed E-state index contributed by atoms with van der Waals surface area (Å²) in [5.74, 6) is -1.11. The van der Waals surface area contributed by atoms with Crippen LogP contribution in [0.1, 0.15) is 64.5 Å². The Hall–Kier alpha value is -4.35. The molecule has 1 saturated heterocycles. The van der Waals surface area contributed by atoms with E-state index in [1.807, 2.05) is 13.8 Å². The number of rotatable bonds is 24. The molecule has 2 rings (SSSR count). The highest BCUT2D eigenvalue weighted by Gasteiger charge is 2.39. The Bertz CT molecular complexity index is 1290. The zero-order chi connectivity index (χ0) is 36.3. The highest BCUT2D eigenvalue weighted by atomic mass is 16.6. The Labute approximate surface area is 285 Å². The number of carbonyl (C=O) groups is 5. The minimum atomic E-state index is -1.07. The van der Waals surface area contributed by atoms with Crippen molar-refractivity contribution in [2.45, 2.75) is 59.0 Å². The van der Waals surface area contributed by atoms with Crippen LogP contribution in [0.4, 0.5) is 5.69 Å². The maximum absolute atomic E-state index is 12.3. The number of hydrogen-bond donors (Lipinski definition) is 4. The molecule has 0 aromatic heterocycles. The molecule has 17 nitrogen and oxygen atoms in total. The van der Waals surface area contributed by atoms with Crippen molar-refractivity contribution in [1.29, 1.82) is 0 Å². The molecule has 0 radical (unpaired) electrons. The number of nitrogens with zero attached hydrogens (tertiary/aromatic N) is 2. The van der Waals surface area contributed by atoms with Crippen LogP contribution in [-0.4, -0.2) is 111 Å². The predicted molar refractivity (Wildman–Crippen MR) is 175 cm³/mol. The molecule has 1 aromatic carbocycles. The number of amides is 5. The summed E-state index contributed by atoms with van der Waals surface area (Å²) < 4.78 is 21.6.